The Morgan fingerprint density at radius 1 is 0.971 bits per heavy atom. The molecule has 0 N–H and O–H groups in total. The van der Waals surface area contributed by atoms with Crippen molar-refractivity contribution in [2.45, 2.75) is 83.1 Å². The molecule has 0 bridgehead atoms. The predicted molar refractivity (Wildman–Crippen MR) is 134 cm³/mol. The maximum absolute atomic E-state index is 14.5. The minimum atomic E-state index is -3.90. The van der Waals surface area contributed by atoms with Crippen LogP contribution in [0.2, 0.25) is 0 Å². The molecule has 0 aliphatic heterocycles. The Labute approximate surface area is 202 Å². The highest BCUT2D eigenvalue weighted by Crippen LogP contribution is 2.39. The van der Waals surface area contributed by atoms with Crippen molar-refractivity contribution < 1.29 is 17.9 Å². The predicted octanol–water partition coefficient (Wildman–Crippen LogP) is 9.26. The summed E-state index contributed by atoms with van der Waals surface area (Å²) in [6.07, 6.45) is 8.52. The second-order valence-electron chi connectivity index (χ2n) is 9.39. The number of alkyl halides is 3. The first kappa shape index (κ1) is 26.3. The lowest BCUT2D eigenvalue weighted by molar-refractivity contribution is -0.282. The Morgan fingerprint density at radius 2 is 1.62 bits per heavy atom. The second-order valence-corrected chi connectivity index (χ2v) is 9.39. The topological polar surface area (TPSA) is 9.23 Å². The van der Waals surface area contributed by atoms with Crippen LogP contribution in [0.1, 0.15) is 86.2 Å². The van der Waals surface area contributed by atoms with Gasteiger partial charge in [-0.15, -0.1) is 6.58 Å². The summed E-state index contributed by atoms with van der Waals surface area (Å²) in [6.45, 7) is 5.40. The van der Waals surface area contributed by atoms with E-state index in [2.05, 4.69) is 25.7 Å². The fourth-order valence-electron chi connectivity index (χ4n) is 4.74. The highest BCUT2D eigenvalue weighted by molar-refractivity contribution is 5.27. The third-order valence-electron chi connectivity index (χ3n) is 6.91. The molecule has 1 nitrogen and oxygen atoms in total. The van der Waals surface area contributed by atoms with Crippen LogP contribution in [0.4, 0.5) is 13.2 Å². The molecule has 0 saturated heterocycles. The van der Waals surface area contributed by atoms with Gasteiger partial charge in [-0.3, -0.25) is 0 Å². The zero-order valence-electron chi connectivity index (χ0n) is 20.2. The van der Waals surface area contributed by atoms with Crippen molar-refractivity contribution in [2.24, 2.45) is 5.92 Å². The molecule has 0 radical (unpaired) electrons. The van der Waals surface area contributed by atoms with E-state index >= 15 is 0 Å². The quantitative estimate of drug-likeness (QED) is 0.281. The SMILES string of the molecule is C=CCCc1ccc(C(F)C(F)(F)OCc2ccc(C3CCC(CC/C=C/C)CC3)cc2)cc1. The summed E-state index contributed by atoms with van der Waals surface area (Å²) in [5, 5.41) is 0. The van der Waals surface area contributed by atoms with Crippen LogP contribution in [0.25, 0.3) is 0 Å². The van der Waals surface area contributed by atoms with Crippen molar-refractivity contribution in [1.82, 2.24) is 0 Å². The summed E-state index contributed by atoms with van der Waals surface area (Å²) in [6, 6.07) is 13.8. The van der Waals surface area contributed by atoms with E-state index in [1.165, 1.54) is 49.8 Å². The molecule has 1 aliphatic rings. The van der Waals surface area contributed by atoms with Crippen LogP contribution in [0.15, 0.2) is 73.3 Å². The average Bonchev–Trinajstić information content (AvgIpc) is 2.87. The van der Waals surface area contributed by atoms with E-state index in [0.29, 0.717) is 11.5 Å². The molecule has 0 amide bonds. The molecule has 34 heavy (non-hydrogen) atoms. The van der Waals surface area contributed by atoms with Crippen LogP contribution in [-0.4, -0.2) is 6.11 Å². The van der Waals surface area contributed by atoms with E-state index < -0.39 is 12.3 Å². The lowest BCUT2D eigenvalue weighted by atomic mass is 9.77. The lowest BCUT2D eigenvalue weighted by Crippen LogP contribution is -2.27. The summed E-state index contributed by atoms with van der Waals surface area (Å²) >= 11 is 0. The van der Waals surface area contributed by atoms with Crippen molar-refractivity contribution in [3.8, 4) is 0 Å². The molecule has 3 rings (SSSR count). The number of ether oxygens (including phenoxy) is 1. The van der Waals surface area contributed by atoms with E-state index in [0.717, 1.165) is 30.7 Å². The standard InChI is InChI=1S/C30H37F3O/c1-3-5-7-9-24-10-16-26(17-11-24)27-18-14-25(15-19-27)22-34-30(32,33)29(31)28-20-12-23(13-21-28)8-6-4-2/h3-5,12-15,18-21,24,26,29H,2,6-11,16-17,22H2,1H3/b5-3+. The molecular formula is C30H37F3O. The lowest BCUT2D eigenvalue weighted by Gasteiger charge is -2.28. The van der Waals surface area contributed by atoms with Crippen LogP contribution in [0.3, 0.4) is 0 Å². The maximum atomic E-state index is 14.5. The van der Waals surface area contributed by atoms with Gasteiger partial charge < -0.3 is 4.74 Å². The van der Waals surface area contributed by atoms with Crippen molar-refractivity contribution in [1.29, 1.82) is 0 Å². The number of rotatable bonds is 12. The Balaban J connectivity index is 1.49. The third kappa shape index (κ3) is 7.59. The molecule has 2 aromatic carbocycles. The summed E-state index contributed by atoms with van der Waals surface area (Å²) in [5.74, 6) is 1.33. The Morgan fingerprint density at radius 3 is 2.24 bits per heavy atom. The molecule has 0 spiro atoms. The van der Waals surface area contributed by atoms with Gasteiger partial charge in [0, 0.05) is 0 Å². The van der Waals surface area contributed by atoms with Crippen molar-refractivity contribution in [3.63, 3.8) is 0 Å². The maximum Gasteiger partial charge on any atom is 0.391 e. The van der Waals surface area contributed by atoms with Gasteiger partial charge >= 0.3 is 6.11 Å². The first-order valence-corrected chi connectivity index (χ1v) is 12.5. The van der Waals surface area contributed by atoms with Gasteiger partial charge in [-0.2, -0.15) is 8.78 Å². The zero-order chi connectivity index (χ0) is 24.4. The Hall–Kier alpha value is -2.33. The Kier molecular flexibility index (Phi) is 10.0. The zero-order valence-corrected chi connectivity index (χ0v) is 20.2. The molecule has 1 unspecified atom stereocenters. The largest absolute Gasteiger partial charge is 0.391 e. The summed E-state index contributed by atoms with van der Waals surface area (Å²) in [5.41, 5.74) is 2.75. The van der Waals surface area contributed by atoms with Crippen molar-refractivity contribution in [3.05, 3.63) is 95.6 Å². The second kappa shape index (κ2) is 12.9. The molecule has 1 saturated carbocycles. The molecule has 184 valence electrons. The van der Waals surface area contributed by atoms with E-state index in [1.807, 2.05) is 24.3 Å². The van der Waals surface area contributed by atoms with Crippen molar-refractivity contribution in [2.75, 3.05) is 0 Å². The molecule has 1 atom stereocenters. The van der Waals surface area contributed by atoms with Gasteiger partial charge in [0.25, 0.3) is 0 Å². The first-order chi connectivity index (χ1) is 16.4. The third-order valence-corrected chi connectivity index (χ3v) is 6.91. The summed E-state index contributed by atoms with van der Waals surface area (Å²) < 4.78 is 48.1. The van der Waals surface area contributed by atoms with Gasteiger partial charge in [0.2, 0.25) is 6.17 Å². The first-order valence-electron chi connectivity index (χ1n) is 12.5. The number of aryl methyl sites for hydroxylation is 1. The highest BCUT2D eigenvalue weighted by atomic mass is 19.3. The van der Waals surface area contributed by atoms with Crippen LogP contribution in [0, 0.1) is 5.92 Å². The van der Waals surface area contributed by atoms with E-state index in [4.69, 9.17) is 4.74 Å². The van der Waals surface area contributed by atoms with E-state index in [-0.39, 0.29) is 12.2 Å². The molecule has 4 heteroatoms. The van der Waals surface area contributed by atoms with Gasteiger partial charge in [-0.25, -0.2) is 4.39 Å². The number of benzene rings is 2. The Bertz CT molecular complexity index is 894. The van der Waals surface area contributed by atoms with Crippen molar-refractivity contribution >= 4 is 0 Å². The number of allylic oxidation sites excluding steroid dienone is 3. The monoisotopic (exact) mass is 470 g/mol. The summed E-state index contributed by atoms with van der Waals surface area (Å²) in [4.78, 5) is 0. The van der Waals surface area contributed by atoms with Gasteiger partial charge in [0.1, 0.15) is 0 Å². The fourth-order valence-corrected chi connectivity index (χ4v) is 4.74. The average molecular weight is 471 g/mol. The number of halogens is 3. The van der Waals surface area contributed by atoms with Crippen LogP contribution in [0.5, 0.6) is 0 Å². The van der Waals surface area contributed by atoms with Gasteiger partial charge in [0.05, 0.1) is 6.61 Å². The minimum absolute atomic E-state index is 0.0796. The molecule has 0 aromatic heterocycles. The molecular weight excluding hydrogens is 433 g/mol. The van der Waals surface area contributed by atoms with Crippen LogP contribution in [-0.2, 0) is 17.8 Å². The number of hydrogen-bond acceptors (Lipinski definition) is 1. The molecule has 1 fully saturated rings. The number of hydrogen-bond donors (Lipinski definition) is 0. The van der Waals surface area contributed by atoms with Crippen LogP contribution < -0.4 is 0 Å². The van der Waals surface area contributed by atoms with Crippen LogP contribution >= 0.6 is 0 Å². The smallest absolute Gasteiger partial charge is 0.313 e. The van der Waals surface area contributed by atoms with Gasteiger partial charge in [-0.1, -0.05) is 66.8 Å². The highest BCUT2D eigenvalue weighted by Gasteiger charge is 2.42. The molecule has 1 aliphatic carbocycles. The van der Waals surface area contributed by atoms with Gasteiger partial charge in [-0.05, 0) is 92.4 Å². The molecule has 0 heterocycles. The fraction of sp³-hybridized carbons (Fsp3) is 0.467. The normalized spacial score (nSPS) is 19.9. The van der Waals surface area contributed by atoms with Gasteiger partial charge in [0.15, 0.2) is 0 Å². The van der Waals surface area contributed by atoms with E-state index in [9.17, 15) is 13.2 Å². The summed E-state index contributed by atoms with van der Waals surface area (Å²) in [7, 11) is 0. The van der Waals surface area contributed by atoms with E-state index in [1.54, 1.807) is 18.2 Å². The molecule has 2 aromatic rings. The minimum Gasteiger partial charge on any atom is -0.313 e.